The van der Waals surface area contributed by atoms with Gasteiger partial charge in [-0.2, -0.15) is 0 Å². The molecule has 0 aromatic heterocycles. The highest BCUT2D eigenvalue weighted by molar-refractivity contribution is 5.80. The quantitative estimate of drug-likeness (QED) is 0.0149. The molecule has 1 amide bonds. The van der Waals surface area contributed by atoms with Crippen LogP contribution in [0.3, 0.4) is 0 Å². The predicted molar refractivity (Wildman–Crippen MR) is 329 cm³/mol. The molecule has 8 unspecified atom stereocenters. The third-order valence-electron chi connectivity index (χ3n) is 15.7. The Labute approximate surface area is 485 Å². The van der Waals surface area contributed by atoms with Crippen LogP contribution in [0.2, 0.25) is 0 Å². The van der Waals surface area contributed by atoms with Crippen molar-refractivity contribution in [2.75, 3.05) is 13.2 Å². The number of hydrogen-bond acceptors (Lipinski definition) is 10. The van der Waals surface area contributed by atoms with Crippen molar-refractivity contribution in [1.29, 1.82) is 0 Å². The van der Waals surface area contributed by atoms with Gasteiger partial charge in [-0.05, 0) is 77.0 Å². The van der Waals surface area contributed by atoms with Gasteiger partial charge in [0.2, 0.25) is 5.91 Å². The van der Waals surface area contributed by atoms with Crippen LogP contribution in [-0.2, 0) is 23.8 Å². The first-order valence-electron chi connectivity index (χ1n) is 33.4. The minimum absolute atomic E-state index is 0.111. The number of amides is 1. The average Bonchev–Trinajstić information content (AvgIpc) is 3.50. The molecule has 11 nitrogen and oxygen atoms in total. The highest BCUT2D eigenvalue weighted by Crippen LogP contribution is 2.26. The molecule has 1 aliphatic rings. The van der Waals surface area contributed by atoms with E-state index in [2.05, 4.69) is 62.5 Å². The molecular formula is C68H125NO10. The van der Waals surface area contributed by atoms with Crippen molar-refractivity contribution in [3.05, 3.63) is 48.6 Å². The Bertz CT molecular complexity index is 1470. The highest BCUT2D eigenvalue weighted by Gasteiger charge is 2.47. The number of hydrogen-bond donors (Lipinski definition) is 6. The van der Waals surface area contributed by atoms with Crippen LogP contribution in [0.5, 0.6) is 0 Å². The minimum atomic E-state index is -1.62. The summed E-state index contributed by atoms with van der Waals surface area (Å²) in [6.45, 7) is 5.78. The van der Waals surface area contributed by atoms with Crippen molar-refractivity contribution in [3.63, 3.8) is 0 Å². The second-order valence-electron chi connectivity index (χ2n) is 23.2. The van der Waals surface area contributed by atoms with Crippen molar-refractivity contribution in [2.45, 2.75) is 359 Å². The molecule has 462 valence electrons. The van der Waals surface area contributed by atoms with E-state index in [0.717, 1.165) is 83.5 Å². The lowest BCUT2D eigenvalue weighted by Crippen LogP contribution is -2.61. The molecule has 0 aliphatic carbocycles. The molecule has 11 heteroatoms. The number of nitrogens with one attached hydrogen (secondary N) is 1. The van der Waals surface area contributed by atoms with Crippen LogP contribution in [0.4, 0.5) is 0 Å². The van der Waals surface area contributed by atoms with E-state index in [1.54, 1.807) is 6.08 Å². The number of aliphatic hydroxyl groups excluding tert-OH is 5. The molecule has 79 heavy (non-hydrogen) atoms. The number of carbonyl (C=O) groups is 2. The third kappa shape index (κ3) is 43.9. The summed E-state index contributed by atoms with van der Waals surface area (Å²) in [5.41, 5.74) is 0. The van der Waals surface area contributed by atoms with Gasteiger partial charge < -0.3 is 45.1 Å². The molecule has 0 saturated carbocycles. The second kappa shape index (κ2) is 56.1. The Kier molecular flexibility index (Phi) is 53.0. The molecule has 1 aliphatic heterocycles. The first kappa shape index (κ1) is 74.6. The molecule has 8 atom stereocenters. The van der Waals surface area contributed by atoms with E-state index in [4.69, 9.17) is 14.2 Å². The molecular weight excluding hydrogens is 991 g/mol. The first-order valence-corrected chi connectivity index (χ1v) is 33.4. The maximum Gasteiger partial charge on any atom is 0.306 e. The number of allylic oxidation sites excluding steroid dienone is 7. The summed E-state index contributed by atoms with van der Waals surface area (Å²) >= 11 is 0. The van der Waals surface area contributed by atoms with Gasteiger partial charge in [0.1, 0.15) is 24.4 Å². The van der Waals surface area contributed by atoms with Crippen LogP contribution in [0, 0.1) is 0 Å². The standard InChI is InChI=1S/C68H125NO10/c1-4-7-10-13-16-19-22-25-27-28-29-30-31-32-33-35-37-40-43-46-49-52-55-61(72)67(76)69-59(60(71)54-51-48-45-42-39-36-24-21-18-15-12-9-6-3)58-77-68-66(65(75)64(74)62(57-70)78-68)79-63(73)56-53-50-47-44-41-38-34-26-23-20-17-14-11-8-5-2/h17,20,23,25-27,51,54,59-62,64-66,68,70-72,74-75H,4-16,18-19,21-22,24,28-50,52-53,55-58H2,1-3H3,(H,69,76)/b20-17+,26-23+,27-25+,54-51+. The normalized spacial score (nSPS) is 19.1. The molecule has 6 N–H and O–H groups in total. The third-order valence-corrected chi connectivity index (χ3v) is 15.7. The van der Waals surface area contributed by atoms with Crippen LogP contribution in [0.25, 0.3) is 0 Å². The van der Waals surface area contributed by atoms with Gasteiger partial charge in [0.05, 0.1) is 25.4 Å². The number of ether oxygens (including phenoxy) is 3. The molecule has 0 spiro atoms. The number of aliphatic hydroxyl groups is 5. The van der Waals surface area contributed by atoms with Gasteiger partial charge in [-0.3, -0.25) is 9.59 Å². The molecule has 0 aromatic carbocycles. The highest BCUT2D eigenvalue weighted by atomic mass is 16.7. The zero-order valence-electron chi connectivity index (χ0n) is 51.2. The Balaban J connectivity index is 2.63. The zero-order valence-corrected chi connectivity index (χ0v) is 51.2. The number of unbranched alkanes of at least 4 members (excludes halogenated alkanes) is 38. The van der Waals surface area contributed by atoms with E-state index in [-0.39, 0.29) is 13.0 Å². The number of esters is 1. The minimum Gasteiger partial charge on any atom is -0.454 e. The van der Waals surface area contributed by atoms with Gasteiger partial charge >= 0.3 is 5.97 Å². The van der Waals surface area contributed by atoms with Crippen LogP contribution in [0.1, 0.15) is 310 Å². The van der Waals surface area contributed by atoms with Crippen molar-refractivity contribution in [3.8, 4) is 0 Å². The van der Waals surface area contributed by atoms with Crippen LogP contribution >= 0.6 is 0 Å². The summed E-state index contributed by atoms with van der Waals surface area (Å²) in [5.74, 6) is -1.20. The summed E-state index contributed by atoms with van der Waals surface area (Å²) in [7, 11) is 0. The fraction of sp³-hybridized carbons (Fsp3) is 0.853. The van der Waals surface area contributed by atoms with Crippen LogP contribution < -0.4 is 5.32 Å². The monoisotopic (exact) mass is 1120 g/mol. The lowest BCUT2D eigenvalue weighted by molar-refractivity contribution is -0.305. The average molecular weight is 1120 g/mol. The van der Waals surface area contributed by atoms with Crippen molar-refractivity contribution in [2.24, 2.45) is 0 Å². The predicted octanol–water partition coefficient (Wildman–Crippen LogP) is 16.4. The van der Waals surface area contributed by atoms with Gasteiger partial charge in [-0.1, -0.05) is 275 Å². The second-order valence-corrected chi connectivity index (χ2v) is 23.2. The summed E-state index contributed by atoms with van der Waals surface area (Å²) < 4.78 is 17.6. The van der Waals surface area contributed by atoms with E-state index in [0.29, 0.717) is 19.3 Å². The van der Waals surface area contributed by atoms with Gasteiger partial charge in [0.25, 0.3) is 0 Å². The van der Waals surface area contributed by atoms with Gasteiger partial charge in [0, 0.05) is 6.42 Å². The zero-order chi connectivity index (χ0) is 57.5. The molecule has 0 radical (unpaired) electrons. The Morgan fingerprint density at radius 3 is 1.33 bits per heavy atom. The molecule has 1 heterocycles. The summed E-state index contributed by atoms with van der Waals surface area (Å²) in [4.78, 5) is 26.6. The molecule has 1 fully saturated rings. The summed E-state index contributed by atoms with van der Waals surface area (Å²) in [6.07, 6.45) is 58.6. The van der Waals surface area contributed by atoms with E-state index in [1.807, 2.05) is 6.08 Å². The number of carbonyl (C=O) groups excluding carboxylic acids is 2. The van der Waals surface area contributed by atoms with Gasteiger partial charge in [0.15, 0.2) is 12.4 Å². The van der Waals surface area contributed by atoms with E-state index in [1.165, 1.54) is 180 Å². The maximum atomic E-state index is 13.5. The summed E-state index contributed by atoms with van der Waals surface area (Å²) in [6, 6.07) is -1.03. The van der Waals surface area contributed by atoms with Gasteiger partial charge in [-0.25, -0.2) is 0 Å². The first-order chi connectivity index (χ1) is 38.7. The van der Waals surface area contributed by atoms with E-state index < -0.39 is 67.4 Å². The van der Waals surface area contributed by atoms with Gasteiger partial charge in [-0.15, -0.1) is 0 Å². The van der Waals surface area contributed by atoms with Crippen LogP contribution in [0.15, 0.2) is 48.6 Å². The Morgan fingerprint density at radius 2 is 0.873 bits per heavy atom. The summed E-state index contributed by atoms with van der Waals surface area (Å²) in [5, 5.41) is 57.1. The van der Waals surface area contributed by atoms with E-state index >= 15 is 0 Å². The van der Waals surface area contributed by atoms with Crippen molar-refractivity contribution < 1.29 is 49.3 Å². The van der Waals surface area contributed by atoms with E-state index in [9.17, 15) is 35.1 Å². The SMILES string of the molecule is CCCCC/C=C/C=C/CCCCCCCCC(=O)OC1C(OCC(NC(=O)C(O)CCCCCCCCCCCCCC/C=C/CCCCCCCC)C(O)/C=C/CCCCCCCCCCCCC)OC(CO)C(O)C1O. The van der Waals surface area contributed by atoms with Crippen molar-refractivity contribution >= 4 is 11.9 Å². The fourth-order valence-electron chi connectivity index (χ4n) is 10.4. The Morgan fingerprint density at radius 1 is 0.494 bits per heavy atom. The topological polar surface area (TPSA) is 175 Å². The van der Waals surface area contributed by atoms with Crippen molar-refractivity contribution in [1.82, 2.24) is 5.32 Å². The lowest BCUT2D eigenvalue weighted by atomic mass is 9.99. The van der Waals surface area contributed by atoms with Crippen LogP contribution in [-0.4, -0.2) is 99.6 Å². The smallest absolute Gasteiger partial charge is 0.306 e. The molecule has 1 saturated heterocycles. The molecule has 0 bridgehead atoms. The molecule has 1 rings (SSSR count). The largest absolute Gasteiger partial charge is 0.454 e. The molecule has 0 aromatic rings. The Hall–Kier alpha value is -2.38. The maximum absolute atomic E-state index is 13.5. The lowest BCUT2D eigenvalue weighted by Gasteiger charge is -2.41. The fourth-order valence-corrected chi connectivity index (χ4v) is 10.4. The number of rotatable bonds is 57.